The zero-order valence-electron chi connectivity index (χ0n) is 11.6. The van der Waals surface area contributed by atoms with E-state index in [1.165, 1.54) is 25.7 Å². The highest BCUT2D eigenvalue weighted by molar-refractivity contribution is 5.49. The van der Waals surface area contributed by atoms with Gasteiger partial charge in [0.15, 0.2) is 0 Å². The third-order valence-corrected chi connectivity index (χ3v) is 4.21. The minimum absolute atomic E-state index is 0.623. The zero-order chi connectivity index (χ0) is 13.1. The molecule has 2 fully saturated rings. The molecule has 1 unspecified atom stereocenters. The van der Waals surface area contributed by atoms with Crippen molar-refractivity contribution in [3.63, 3.8) is 0 Å². The average Bonchev–Trinajstić information content (AvgIpc) is 2.84. The van der Waals surface area contributed by atoms with Crippen molar-refractivity contribution < 1.29 is 0 Å². The fourth-order valence-corrected chi connectivity index (χ4v) is 2.86. The molecule has 0 radical (unpaired) electrons. The highest BCUT2D eigenvalue weighted by Crippen LogP contribution is 2.25. The number of nitrogens with zero attached hydrogens (tertiary/aromatic N) is 3. The van der Waals surface area contributed by atoms with Gasteiger partial charge in [-0.3, -0.25) is 0 Å². The van der Waals surface area contributed by atoms with Crippen molar-refractivity contribution in [3.05, 3.63) is 12.4 Å². The molecule has 2 heterocycles. The topological polar surface area (TPSA) is 53.1 Å². The van der Waals surface area contributed by atoms with Crippen molar-refractivity contribution >= 4 is 11.6 Å². The Bertz CT molecular complexity index is 418. The predicted octanol–water partition coefficient (Wildman–Crippen LogP) is 1.49. The maximum absolute atomic E-state index is 4.42. The van der Waals surface area contributed by atoms with Gasteiger partial charge in [-0.15, -0.1) is 0 Å². The van der Waals surface area contributed by atoms with Crippen LogP contribution in [0.1, 0.15) is 25.7 Å². The maximum atomic E-state index is 4.42. The van der Waals surface area contributed by atoms with E-state index in [4.69, 9.17) is 0 Å². The number of nitrogens with one attached hydrogen (secondary N) is 2. The van der Waals surface area contributed by atoms with Crippen molar-refractivity contribution in [2.24, 2.45) is 5.92 Å². The van der Waals surface area contributed by atoms with Gasteiger partial charge in [-0.1, -0.05) is 0 Å². The summed E-state index contributed by atoms with van der Waals surface area (Å²) in [6.07, 6.45) is 6.81. The quantitative estimate of drug-likeness (QED) is 0.841. The van der Waals surface area contributed by atoms with Crippen molar-refractivity contribution in [3.8, 4) is 0 Å². The molecule has 1 aromatic heterocycles. The van der Waals surface area contributed by atoms with Crippen LogP contribution in [0, 0.1) is 5.92 Å². The Morgan fingerprint density at radius 2 is 2.21 bits per heavy atom. The number of anilines is 2. The molecule has 19 heavy (non-hydrogen) atoms. The first kappa shape index (κ1) is 12.7. The molecule has 5 heteroatoms. The molecule has 1 aliphatic carbocycles. The normalized spacial score (nSPS) is 23.4. The smallest absolute Gasteiger partial charge is 0.134 e. The third-order valence-electron chi connectivity index (χ3n) is 4.21. The van der Waals surface area contributed by atoms with Crippen LogP contribution in [0.3, 0.4) is 0 Å². The Labute approximate surface area is 114 Å². The first-order chi connectivity index (χ1) is 9.35. The zero-order valence-corrected chi connectivity index (χ0v) is 11.6. The van der Waals surface area contributed by atoms with Gasteiger partial charge in [0.2, 0.25) is 0 Å². The van der Waals surface area contributed by atoms with Crippen LogP contribution in [0.4, 0.5) is 11.6 Å². The van der Waals surface area contributed by atoms with E-state index in [-0.39, 0.29) is 0 Å². The Morgan fingerprint density at radius 3 is 2.95 bits per heavy atom. The van der Waals surface area contributed by atoms with Gasteiger partial charge in [0.1, 0.15) is 18.0 Å². The third kappa shape index (κ3) is 2.97. The molecule has 3 rings (SSSR count). The summed E-state index contributed by atoms with van der Waals surface area (Å²) >= 11 is 0. The van der Waals surface area contributed by atoms with Crippen LogP contribution in [-0.4, -0.2) is 42.7 Å². The van der Waals surface area contributed by atoms with E-state index in [9.17, 15) is 0 Å². The Balaban J connectivity index is 1.62. The van der Waals surface area contributed by atoms with Crippen LogP contribution in [0.2, 0.25) is 0 Å². The van der Waals surface area contributed by atoms with E-state index < -0.39 is 0 Å². The van der Waals surface area contributed by atoms with Gasteiger partial charge in [-0.25, -0.2) is 9.97 Å². The van der Waals surface area contributed by atoms with Crippen LogP contribution in [0.5, 0.6) is 0 Å². The second-order valence-corrected chi connectivity index (χ2v) is 5.69. The minimum atomic E-state index is 0.623. The molecule has 0 bridgehead atoms. The van der Waals surface area contributed by atoms with Crippen molar-refractivity contribution in [2.45, 2.75) is 31.7 Å². The van der Waals surface area contributed by atoms with Crippen molar-refractivity contribution in [2.75, 3.05) is 36.9 Å². The molecule has 0 spiro atoms. The van der Waals surface area contributed by atoms with E-state index in [0.717, 1.165) is 37.2 Å². The molecule has 5 nitrogen and oxygen atoms in total. The van der Waals surface area contributed by atoms with E-state index in [2.05, 4.69) is 31.6 Å². The fraction of sp³-hybridized carbons (Fsp3) is 0.714. The minimum Gasteiger partial charge on any atom is -0.367 e. The molecule has 2 aliphatic rings. The fourth-order valence-electron chi connectivity index (χ4n) is 2.86. The van der Waals surface area contributed by atoms with E-state index in [1.54, 1.807) is 6.33 Å². The first-order valence-corrected chi connectivity index (χ1v) is 7.33. The van der Waals surface area contributed by atoms with Gasteiger partial charge in [-0.05, 0) is 45.2 Å². The maximum Gasteiger partial charge on any atom is 0.134 e. The van der Waals surface area contributed by atoms with E-state index in [0.29, 0.717) is 6.04 Å². The lowest BCUT2D eigenvalue weighted by Crippen LogP contribution is -2.28. The number of hydrogen-bond donors (Lipinski definition) is 2. The van der Waals surface area contributed by atoms with Crippen LogP contribution in [0.25, 0.3) is 0 Å². The summed E-state index contributed by atoms with van der Waals surface area (Å²) in [6.45, 7) is 3.29. The molecule has 1 saturated heterocycles. The summed E-state index contributed by atoms with van der Waals surface area (Å²) in [5, 5.41) is 6.75. The second kappa shape index (κ2) is 5.74. The predicted molar refractivity (Wildman–Crippen MR) is 77.5 cm³/mol. The number of hydrogen-bond acceptors (Lipinski definition) is 5. The lowest BCUT2D eigenvalue weighted by molar-refractivity contribution is 0.444. The number of rotatable bonds is 5. The second-order valence-electron chi connectivity index (χ2n) is 5.69. The summed E-state index contributed by atoms with van der Waals surface area (Å²) in [5.41, 5.74) is 0. The molecule has 1 aliphatic heterocycles. The van der Waals surface area contributed by atoms with Gasteiger partial charge in [0, 0.05) is 25.2 Å². The number of aromatic nitrogens is 2. The summed E-state index contributed by atoms with van der Waals surface area (Å²) in [5.74, 6) is 2.78. The lowest BCUT2D eigenvalue weighted by Gasteiger charge is -2.27. The lowest BCUT2D eigenvalue weighted by atomic mass is 9.93. The van der Waals surface area contributed by atoms with Gasteiger partial charge in [0.05, 0.1) is 0 Å². The summed E-state index contributed by atoms with van der Waals surface area (Å²) in [4.78, 5) is 11.1. The molecule has 1 saturated carbocycles. The molecule has 104 valence electrons. The van der Waals surface area contributed by atoms with Crippen LogP contribution < -0.4 is 15.5 Å². The molecule has 1 aromatic rings. The Morgan fingerprint density at radius 1 is 1.32 bits per heavy atom. The first-order valence-electron chi connectivity index (χ1n) is 7.33. The largest absolute Gasteiger partial charge is 0.367 e. The summed E-state index contributed by atoms with van der Waals surface area (Å²) in [6, 6.07) is 2.72. The highest BCUT2D eigenvalue weighted by Gasteiger charge is 2.23. The Kier molecular flexibility index (Phi) is 3.82. The monoisotopic (exact) mass is 261 g/mol. The average molecular weight is 261 g/mol. The van der Waals surface area contributed by atoms with E-state index in [1.807, 2.05) is 7.05 Å². The highest BCUT2D eigenvalue weighted by atomic mass is 15.2. The van der Waals surface area contributed by atoms with Crippen LogP contribution in [0.15, 0.2) is 12.4 Å². The van der Waals surface area contributed by atoms with E-state index >= 15 is 0 Å². The van der Waals surface area contributed by atoms with Gasteiger partial charge >= 0.3 is 0 Å². The van der Waals surface area contributed by atoms with Crippen molar-refractivity contribution in [1.29, 1.82) is 0 Å². The summed E-state index contributed by atoms with van der Waals surface area (Å²) in [7, 11) is 2.02. The van der Waals surface area contributed by atoms with Gasteiger partial charge < -0.3 is 15.5 Å². The van der Waals surface area contributed by atoms with Crippen molar-refractivity contribution in [1.82, 2.24) is 15.3 Å². The molecule has 2 N–H and O–H groups in total. The standard InChI is InChI=1S/C14H23N5/c1-15-8-11-5-6-19(9-11)14-7-13(16-10-17-14)18-12-3-2-4-12/h7,10-12,15H,2-6,8-9H2,1H3,(H,16,17,18). The SMILES string of the molecule is CNCC1CCN(c2cc(NC3CCC3)ncn2)C1. The Hall–Kier alpha value is -1.36. The molecular weight excluding hydrogens is 238 g/mol. The molecule has 0 amide bonds. The summed E-state index contributed by atoms with van der Waals surface area (Å²) < 4.78 is 0. The van der Waals surface area contributed by atoms with Crippen LogP contribution in [-0.2, 0) is 0 Å². The van der Waals surface area contributed by atoms with Gasteiger partial charge in [-0.2, -0.15) is 0 Å². The molecule has 0 aromatic carbocycles. The molecule has 1 atom stereocenters. The molecular formula is C14H23N5. The van der Waals surface area contributed by atoms with Crippen LogP contribution >= 0.6 is 0 Å². The van der Waals surface area contributed by atoms with Gasteiger partial charge in [0.25, 0.3) is 0 Å².